The third kappa shape index (κ3) is 3.08. The van der Waals surface area contributed by atoms with Gasteiger partial charge in [0.25, 0.3) is 0 Å². The lowest BCUT2D eigenvalue weighted by atomic mass is 9.79. The van der Waals surface area contributed by atoms with Gasteiger partial charge in [0.05, 0.1) is 31.5 Å². The lowest BCUT2D eigenvalue weighted by molar-refractivity contribution is -0.105. The zero-order chi connectivity index (χ0) is 15.6. The van der Waals surface area contributed by atoms with Crippen LogP contribution in [-0.4, -0.2) is 54.6 Å². The Balaban J connectivity index is 1.69. The number of rotatable bonds is 6. The van der Waals surface area contributed by atoms with Crippen LogP contribution >= 0.6 is 0 Å². The maximum absolute atomic E-state index is 8.96. The molecule has 5 heteroatoms. The second kappa shape index (κ2) is 6.71. The number of hydrogen-bond acceptors (Lipinski definition) is 5. The van der Waals surface area contributed by atoms with Crippen molar-refractivity contribution in [3.63, 3.8) is 0 Å². The van der Waals surface area contributed by atoms with Crippen molar-refractivity contribution in [2.24, 2.45) is 0 Å². The number of methoxy groups -OCH3 is 1. The second-order valence-electron chi connectivity index (χ2n) is 6.51. The van der Waals surface area contributed by atoms with Crippen molar-refractivity contribution in [3.8, 4) is 0 Å². The zero-order valence-corrected chi connectivity index (χ0v) is 13.6. The van der Waals surface area contributed by atoms with Crippen molar-refractivity contribution in [1.29, 1.82) is 0 Å². The van der Waals surface area contributed by atoms with E-state index in [1.54, 1.807) is 0 Å². The Hall–Kier alpha value is -0.880. The third-order valence-electron chi connectivity index (χ3n) is 5.25. The van der Waals surface area contributed by atoms with E-state index in [0.29, 0.717) is 12.6 Å². The molecule has 3 atom stereocenters. The van der Waals surface area contributed by atoms with Crippen LogP contribution in [-0.2, 0) is 16.0 Å². The van der Waals surface area contributed by atoms with Crippen LogP contribution in [0.1, 0.15) is 37.2 Å². The number of hydrogen-bond donors (Lipinski definition) is 1. The number of aliphatic hydroxyl groups excluding tert-OH is 1. The quantitative estimate of drug-likeness (QED) is 0.872. The molecule has 1 aromatic rings. The highest BCUT2D eigenvalue weighted by atomic mass is 16.5. The molecule has 1 aromatic heterocycles. The van der Waals surface area contributed by atoms with Gasteiger partial charge in [0.15, 0.2) is 0 Å². The van der Waals surface area contributed by atoms with Gasteiger partial charge in [-0.2, -0.15) is 0 Å². The van der Waals surface area contributed by atoms with E-state index in [2.05, 4.69) is 11.0 Å². The molecule has 0 bridgehead atoms. The Kier molecular flexibility index (Phi) is 4.88. The summed E-state index contributed by atoms with van der Waals surface area (Å²) in [4.78, 5) is 2.47. The van der Waals surface area contributed by atoms with Crippen LogP contribution in [0, 0.1) is 6.92 Å². The number of fused-ring (bicyclic) bond motifs is 1. The van der Waals surface area contributed by atoms with Crippen LogP contribution < -0.4 is 0 Å². The molecular formula is C17H27NO4. The lowest BCUT2D eigenvalue weighted by Crippen LogP contribution is -2.51. The average Bonchev–Trinajstić information content (AvgIpc) is 3.10. The molecule has 1 aliphatic heterocycles. The SMILES string of the molecule is CO[C@@]12CC[C@@H](OCCO)C[C@@H]1N(Cc1ccc(C)o1)CC2. The van der Waals surface area contributed by atoms with Gasteiger partial charge in [-0.3, -0.25) is 4.90 Å². The smallest absolute Gasteiger partial charge is 0.118 e. The summed E-state index contributed by atoms with van der Waals surface area (Å²) in [7, 11) is 1.84. The normalized spacial score (nSPS) is 32.3. The van der Waals surface area contributed by atoms with Gasteiger partial charge in [-0.05, 0) is 44.7 Å². The van der Waals surface area contributed by atoms with Crippen molar-refractivity contribution in [2.75, 3.05) is 26.9 Å². The second-order valence-corrected chi connectivity index (χ2v) is 6.51. The molecule has 5 nitrogen and oxygen atoms in total. The number of nitrogens with zero attached hydrogens (tertiary/aromatic N) is 1. The van der Waals surface area contributed by atoms with Gasteiger partial charge in [-0.25, -0.2) is 0 Å². The summed E-state index contributed by atoms with van der Waals surface area (Å²) >= 11 is 0. The fourth-order valence-corrected chi connectivity index (χ4v) is 4.09. The first-order valence-corrected chi connectivity index (χ1v) is 8.24. The number of furan rings is 1. The molecule has 1 aliphatic carbocycles. The molecule has 0 radical (unpaired) electrons. The van der Waals surface area contributed by atoms with Gasteiger partial charge in [-0.1, -0.05) is 0 Å². The van der Waals surface area contributed by atoms with Gasteiger partial charge in [0.2, 0.25) is 0 Å². The monoisotopic (exact) mass is 309 g/mol. The van der Waals surface area contributed by atoms with E-state index in [9.17, 15) is 0 Å². The van der Waals surface area contributed by atoms with Crippen LogP contribution in [0.3, 0.4) is 0 Å². The zero-order valence-electron chi connectivity index (χ0n) is 13.6. The minimum absolute atomic E-state index is 0.0410. The molecule has 0 amide bonds. The van der Waals surface area contributed by atoms with Crippen LogP contribution in [0.2, 0.25) is 0 Å². The molecule has 3 rings (SSSR count). The number of ether oxygens (including phenoxy) is 2. The van der Waals surface area contributed by atoms with E-state index in [1.807, 2.05) is 20.1 Å². The van der Waals surface area contributed by atoms with Crippen LogP contribution in [0.15, 0.2) is 16.5 Å². The van der Waals surface area contributed by atoms with Crippen LogP contribution in [0.4, 0.5) is 0 Å². The highest BCUT2D eigenvalue weighted by Gasteiger charge is 2.51. The van der Waals surface area contributed by atoms with Gasteiger partial charge in [0.1, 0.15) is 11.5 Å². The predicted octanol–water partition coefficient (Wildman–Crippen LogP) is 2.11. The lowest BCUT2D eigenvalue weighted by Gasteiger charge is -2.43. The molecular weight excluding hydrogens is 282 g/mol. The molecule has 1 N–H and O–H groups in total. The van der Waals surface area contributed by atoms with Gasteiger partial charge in [0, 0.05) is 19.7 Å². The minimum Gasteiger partial charge on any atom is -0.465 e. The van der Waals surface area contributed by atoms with E-state index >= 15 is 0 Å². The molecule has 0 unspecified atom stereocenters. The Morgan fingerprint density at radius 3 is 2.95 bits per heavy atom. The Labute approximate surface area is 132 Å². The highest BCUT2D eigenvalue weighted by Crippen LogP contribution is 2.43. The molecule has 22 heavy (non-hydrogen) atoms. The molecule has 0 spiro atoms. The van der Waals surface area contributed by atoms with Crippen molar-refractivity contribution in [1.82, 2.24) is 4.90 Å². The topological polar surface area (TPSA) is 55.1 Å². The van der Waals surface area contributed by atoms with E-state index in [0.717, 1.165) is 50.3 Å². The van der Waals surface area contributed by atoms with Crippen LogP contribution in [0.25, 0.3) is 0 Å². The summed E-state index contributed by atoms with van der Waals surface area (Å²) in [6.45, 7) is 4.36. The molecule has 2 heterocycles. The Bertz CT molecular complexity index is 489. The molecule has 2 aliphatic rings. The summed E-state index contributed by atoms with van der Waals surface area (Å²) in [5, 5.41) is 8.96. The van der Waals surface area contributed by atoms with E-state index in [4.69, 9.17) is 19.0 Å². The van der Waals surface area contributed by atoms with Crippen molar-refractivity contribution < 1.29 is 19.0 Å². The van der Waals surface area contributed by atoms with E-state index in [1.165, 1.54) is 0 Å². The van der Waals surface area contributed by atoms with Gasteiger partial charge in [-0.15, -0.1) is 0 Å². The highest BCUT2D eigenvalue weighted by molar-refractivity contribution is 5.10. The van der Waals surface area contributed by atoms with Crippen molar-refractivity contribution in [3.05, 3.63) is 23.7 Å². The Morgan fingerprint density at radius 2 is 2.27 bits per heavy atom. The first kappa shape index (κ1) is 16.0. The van der Waals surface area contributed by atoms with Crippen LogP contribution in [0.5, 0.6) is 0 Å². The Morgan fingerprint density at radius 1 is 1.41 bits per heavy atom. The van der Waals surface area contributed by atoms with Gasteiger partial charge >= 0.3 is 0 Å². The van der Waals surface area contributed by atoms with E-state index in [-0.39, 0.29) is 18.3 Å². The molecule has 1 saturated heterocycles. The molecule has 124 valence electrons. The number of aliphatic hydroxyl groups is 1. The fraction of sp³-hybridized carbons (Fsp3) is 0.765. The van der Waals surface area contributed by atoms with Gasteiger partial charge < -0.3 is 19.0 Å². The fourth-order valence-electron chi connectivity index (χ4n) is 4.09. The molecule has 1 saturated carbocycles. The van der Waals surface area contributed by atoms with Crippen molar-refractivity contribution in [2.45, 2.75) is 56.9 Å². The minimum atomic E-state index is -0.0410. The number of likely N-dealkylation sites (tertiary alicyclic amines) is 1. The van der Waals surface area contributed by atoms with E-state index < -0.39 is 0 Å². The maximum atomic E-state index is 8.96. The largest absolute Gasteiger partial charge is 0.465 e. The molecule has 0 aromatic carbocycles. The standard InChI is InChI=1S/C17H27NO4/c1-13-3-4-15(22-13)12-18-8-7-17(20-2)6-5-14(11-16(17)18)21-10-9-19/h3-4,14,16,19H,5-12H2,1-2H3/t14-,16+,17-/m1/s1. The average molecular weight is 309 g/mol. The number of aryl methyl sites for hydroxylation is 1. The summed E-state index contributed by atoms with van der Waals surface area (Å²) in [6, 6.07) is 4.44. The first-order chi connectivity index (χ1) is 10.7. The molecule has 2 fully saturated rings. The maximum Gasteiger partial charge on any atom is 0.118 e. The summed E-state index contributed by atoms with van der Waals surface area (Å²) in [5.74, 6) is 1.97. The summed E-state index contributed by atoms with van der Waals surface area (Å²) in [5.41, 5.74) is -0.0410. The summed E-state index contributed by atoms with van der Waals surface area (Å²) < 4.78 is 17.5. The summed E-state index contributed by atoms with van der Waals surface area (Å²) in [6.07, 6.45) is 4.30. The van der Waals surface area contributed by atoms with Crippen molar-refractivity contribution >= 4 is 0 Å². The first-order valence-electron chi connectivity index (χ1n) is 8.24. The third-order valence-corrected chi connectivity index (χ3v) is 5.25. The predicted molar refractivity (Wildman–Crippen MR) is 82.7 cm³/mol.